The fourth-order valence-corrected chi connectivity index (χ4v) is 1.38. The average molecular weight is 274 g/mol. The van der Waals surface area contributed by atoms with E-state index in [0.29, 0.717) is 4.68 Å². The van der Waals surface area contributed by atoms with Crippen molar-refractivity contribution in [3.63, 3.8) is 0 Å². The van der Waals surface area contributed by atoms with Gasteiger partial charge in [0.25, 0.3) is 0 Å². The van der Waals surface area contributed by atoms with Crippen LogP contribution in [0.15, 0.2) is 35.1 Å². The lowest BCUT2D eigenvalue weighted by atomic mass is 10.3. The van der Waals surface area contributed by atoms with Gasteiger partial charge in [-0.15, -0.1) is 0 Å². The molecule has 0 saturated heterocycles. The van der Waals surface area contributed by atoms with Crippen LogP contribution in [0, 0.1) is 5.82 Å². The number of aromatic hydroxyl groups is 1. The smallest absolute Gasteiger partial charge is 0.435 e. The molecule has 1 aromatic heterocycles. The minimum absolute atomic E-state index is 0.0900. The van der Waals surface area contributed by atoms with Gasteiger partial charge >= 0.3 is 11.7 Å². The highest BCUT2D eigenvalue weighted by Gasteiger charge is 2.34. The van der Waals surface area contributed by atoms with Gasteiger partial charge in [0.05, 0.1) is 5.69 Å². The molecule has 19 heavy (non-hydrogen) atoms. The number of aromatic nitrogens is 2. The van der Waals surface area contributed by atoms with Gasteiger partial charge < -0.3 is 5.11 Å². The third-order valence-electron chi connectivity index (χ3n) is 2.25. The standard InChI is InChI=1S/C11H6F4N2O2/c12-6-1-3-7(4-2-6)17-10(19)8(18)5-9(16-17)11(13,14)15/h1-5,18H. The lowest BCUT2D eigenvalue weighted by molar-refractivity contribution is -0.142. The van der Waals surface area contributed by atoms with E-state index in [9.17, 15) is 27.5 Å². The summed E-state index contributed by atoms with van der Waals surface area (Å²) in [4.78, 5) is 11.5. The SMILES string of the molecule is O=c1c(O)cc(C(F)(F)F)nn1-c1ccc(F)cc1. The molecule has 0 spiro atoms. The highest BCUT2D eigenvalue weighted by molar-refractivity contribution is 5.33. The fraction of sp³-hybridized carbons (Fsp3) is 0.0909. The summed E-state index contributed by atoms with van der Waals surface area (Å²) in [5.41, 5.74) is -2.64. The first-order chi connectivity index (χ1) is 8.79. The number of nitrogens with zero attached hydrogens (tertiary/aromatic N) is 2. The second-order valence-electron chi connectivity index (χ2n) is 3.61. The number of rotatable bonds is 1. The summed E-state index contributed by atoms with van der Waals surface area (Å²) >= 11 is 0. The van der Waals surface area contributed by atoms with Gasteiger partial charge in [0, 0.05) is 6.07 Å². The third-order valence-corrected chi connectivity index (χ3v) is 2.25. The van der Waals surface area contributed by atoms with Crippen molar-refractivity contribution < 1.29 is 22.7 Å². The van der Waals surface area contributed by atoms with Crippen LogP contribution in [-0.4, -0.2) is 14.9 Å². The zero-order valence-corrected chi connectivity index (χ0v) is 9.15. The molecule has 0 aliphatic rings. The molecule has 1 heterocycles. The summed E-state index contributed by atoms with van der Waals surface area (Å²) in [6.07, 6.45) is -4.81. The quantitative estimate of drug-likeness (QED) is 0.810. The van der Waals surface area contributed by atoms with Gasteiger partial charge in [-0.2, -0.15) is 23.0 Å². The third kappa shape index (κ3) is 2.56. The Morgan fingerprint density at radius 1 is 1.16 bits per heavy atom. The predicted molar refractivity (Wildman–Crippen MR) is 56.5 cm³/mol. The first kappa shape index (κ1) is 13.1. The van der Waals surface area contributed by atoms with Gasteiger partial charge in [-0.3, -0.25) is 4.79 Å². The van der Waals surface area contributed by atoms with Gasteiger partial charge in [-0.25, -0.2) is 4.39 Å². The van der Waals surface area contributed by atoms with Crippen molar-refractivity contribution in [2.75, 3.05) is 0 Å². The Labute approximate surface area is 103 Å². The minimum atomic E-state index is -4.81. The van der Waals surface area contributed by atoms with Crippen molar-refractivity contribution in [3.8, 4) is 11.4 Å². The van der Waals surface area contributed by atoms with Gasteiger partial charge in [-0.05, 0) is 24.3 Å². The van der Waals surface area contributed by atoms with Crippen LogP contribution in [0.3, 0.4) is 0 Å². The molecule has 0 amide bonds. The summed E-state index contributed by atoms with van der Waals surface area (Å²) in [5.74, 6) is -1.71. The van der Waals surface area contributed by atoms with E-state index in [1.807, 2.05) is 0 Å². The number of hydrogen-bond acceptors (Lipinski definition) is 3. The molecule has 1 aromatic carbocycles. The molecule has 100 valence electrons. The molecule has 8 heteroatoms. The number of hydrogen-bond donors (Lipinski definition) is 1. The monoisotopic (exact) mass is 274 g/mol. The Hall–Kier alpha value is -2.38. The minimum Gasteiger partial charge on any atom is -0.503 e. The maximum absolute atomic E-state index is 12.7. The molecule has 0 saturated carbocycles. The molecule has 1 N–H and O–H groups in total. The molecular formula is C11H6F4N2O2. The molecule has 0 fully saturated rings. The van der Waals surface area contributed by atoms with Gasteiger partial charge in [0.2, 0.25) is 0 Å². The van der Waals surface area contributed by atoms with Crippen LogP contribution in [-0.2, 0) is 6.18 Å². The Bertz CT molecular complexity index is 662. The van der Waals surface area contributed by atoms with E-state index in [2.05, 4.69) is 5.10 Å². The highest BCUT2D eigenvalue weighted by atomic mass is 19.4. The van der Waals surface area contributed by atoms with Gasteiger partial charge in [0.15, 0.2) is 11.4 Å². The van der Waals surface area contributed by atoms with Crippen LogP contribution in [0.2, 0.25) is 0 Å². The molecule has 4 nitrogen and oxygen atoms in total. The van der Waals surface area contributed by atoms with Gasteiger partial charge in [0.1, 0.15) is 5.82 Å². The van der Waals surface area contributed by atoms with Crippen molar-refractivity contribution in [3.05, 3.63) is 52.2 Å². The topological polar surface area (TPSA) is 55.1 Å². The molecule has 2 aromatic rings. The molecule has 0 atom stereocenters. The van der Waals surface area contributed by atoms with Crippen molar-refractivity contribution in [1.29, 1.82) is 0 Å². The molecule has 0 aliphatic carbocycles. The average Bonchev–Trinajstić information content (AvgIpc) is 2.32. The lowest BCUT2D eigenvalue weighted by Gasteiger charge is -2.10. The Morgan fingerprint density at radius 2 is 1.74 bits per heavy atom. The van der Waals surface area contributed by atoms with Crippen molar-refractivity contribution in [1.82, 2.24) is 9.78 Å². The van der Waals surface area contributed by atoms with Crippen molar-refractivity contribution in [2.45, 2.75) is 6.18 Å². The normalized spacial score (nSPS) is 11.6. The number of halogens is 4. The van der Waals surface area contributed by atoms with Crippen LogP contribution in [0.5, 0.6) is 5.75 Å². The largest absolute Gasteiger partial charge is 0.503 e. The summed E-state index contributed by atoms with van der Waals surface area (Å²) in [5, 5.41) is 12.3. The zero-order chi connectivity index (χ0) is 14.2. The van der Waals surface area contributed by atoms with E-state index < -0.39 is 29.0 Å². The molecule has 0 aliphatic heterocycles. The predicted octanol–water partition coefficient (Wildman–Crippen LogP) is 2.10. The molecule has 0 bridgehead atoms. The maximum atomic E-state index is 12.7. The summed E-state index contributed by atoms with van der Waals surface area (Å²) in [6, 6.07) is 4.30. The summed E-state index contributed by atoms with van der Waals surface area (Å²) < 4.78 is 50.6. The second-order valence-corrected chi connectivity index (χ2v) is 3.61. The maximum Gasteiger partial charge on any atom is 0.435 e. The van der Waals surface area contributed by atoms with Crippen LogP contribution >= 0.6 is 0 Å². The van der Waals surface area contributed by atoms with Crippen molar-refractivity contribution in [2.24, 2.45) is 0 Å². The highest BCUT2D eigenvalue weighted by Crippen LogP contribution is 2.28. The molecule has 0 radical (unpaired) electrons. The molecule has 2 rings (SSSR count). The molecule has 0 unspecified atom stereocenters. The van der Waals surface area contributed by atoms with E-state index in [4.69, 9.17) is 0 Å². The lowest BCUT2D eigenvalue weighted by Crippen LogP contribution is -2.24. The van der Waals surface area contributed by atoms with Crippen molar-refractivity contribution >= 4 is 0 Å². The summed E-state index contributed by atoms with van der Waals surface area (Å²) in [7, 11) is 0. The van der Waals surface area contributed by atoms with E-state index >= 15 is 0 Å². The van der Waals surface area contributed by atoms with Gasteiger partial charge in [-0.1, -0.05) is 0 Å². The van der Waals surface area contributed by atoms with Crippen LogP contribution in [0.1, 0.15) is 5.69 Å². The number of alkyl halides is 3. The van der Waals surface area contributed by atoms with E-state index in [-0.39, 0.29) is 11.8 Å². The van der Waals surface area contributed by atoms with Crippen LogP contribution in [0.4, 0.5) is 17.6 Å². The Morgan fingerprint density at radius 3 is 2.26 bits per heavy atom. The number of benzene rings is 1. The van der Waals surface area contributed by atoms with Crippen LogP contribution < -0.4 is 5.56 Å². The Kier molecular flexibility index (Phi) is 3.01. The van der Waals surface area contributed by atoms with E-state index in [0.717, 1.165) is 24.3 Å². The zero-order valence-electron chi connectivity index (χ0n) is 9.15. The first-order valence-corrected chi connectivity index (χ1v) is 4.95. The second kappa shape index (κ2) is 4.38. The summed E-state index contributed by atoms with van der Waals surface area (Å²) in [6.45, 7) is 0. The molecular weight excluding hydrogens is 268 g/mol. The van der Waals surface area contributed by atoms with E-state index in [1.165, 1.54) is 0 Å². The fourth-order valence-electron chi connectivity index (χ4n) is 1.38. The van der Waals surface area contributed by atoms with E-state index in [1.54, 1.807) is 0 Å². The Balaban J connectivity index is 2.66. The first-order valence-electron chi connectivity index (χ1n) is 4.95. The van der Waals surface area contributed by atoms with Crippen LogP contribution in [0.25, 0.3) is 5.69 Å².